The second kappa shape index (κ2) is 3.64. The summed E-state index contributed by atoms with van der Waals surface area (Å²) in [5, 5.41) is 0. The number of rotatable bonds is 2. The van der Waals surface area contributed by atoms with E-state index in [1.807, 2.05) is 6.08 Å². The van der Waals surface area contributed by atoms with Crippen LogP contribution in [-0.2, 0) is 4.74 Å². The lowest BCUT2D eigenvalue weighted by molar-refractivity contribution is -0.00693. The predicted molar refractivity (Wildman–Crippen MR) is 37.2 cm³/mol. The van der Waals surface area contributed by atoms with E-state index in [0.717, 1.165) is 32.8 Å². The van der Waals surface area contributed by atoms with Crippen LogP contribution >= 0.6 is 0 Å². The first-order valence-corrected chi connectivity index (χ1v) is 3.34. The third-order valence-electron chi connectivity index (χ3n) is 1.42. The van der Waals surface area contributed by atoms with Crippen molar-refractivity contribution in [2.75, 3.05) is 26.4 Å². The van der Waals surface area contributed by atoms with Crippen molar-refractivity contribution in [2.45, 2.75) is 6.42 Å². The van der Waals surface area contributed by atoms with Crippen LogP contribution in [-0.4, -0.2) is 31.3 Å². The van der Waals surface area contributed by atoms with Gasteiger partial charge in [-0.1, -0.05) is 6.08 Å². The van der Waals surface area contributed by atoms with Crippen LogP contribution in [0.5, 0.6) is 0 Å². The summed E-state index contributed by atoms with van der Waals surface area (Å²) < 4.78 is 5.21. The topological polar surface area (TPSA) is 12.5 Å². The van der Waals surface area contributed by atoms with E-state index in [1.165, 1.54) is 0 Å². The van der Waals surface area contributed by atoms with Gasteiger partial charge in [0.05, 0.1) is 6.73 Å². The van der Waals surface area contributed by atoms with Gasteiger partial charge in [0.2, 0.25) is 0 Å². The van der Waals surface area contributed by atoms with Crippen LogP contribution in [0.2, 0.25) is 0 Å². The SMILES string of the molecule is C=CCN1CCCOC1. The Hall–Kier alpha value is -0.340. The van der Waals surface area contributed by atoms with Crippen LogP contribution in [0.4, 0.5) is 0 Å². The molecule has 52 valence electrons. The molecule has 1 aliphatic heterocycles. The van der Waals surface area contributed by atoms with E-state index < -0.39 is 0 Å². The lowest BCUT2D eigenvalue weighted by atomic mass is 10.4. The molecule has 0 aromatic heterocycles. The molecule has 0 spiro atoms. The molecule has 1 aliphatic rings. The number of nitrogens with zero attached hydrogens (tertiary/aromatic N) is 1. The highest BCUT2D eigenvalue weighted by molar-refractivity contribution is 4.72. The highest BCUT2D eigenvalue weighted by atomic mass is 16.5. The molecule has 0 aromatic rings. The average molecular weight is 127 g/mol. The Morgan fingerprint density at radius 2 is 2.56 bits per heavy atom. The fraction of sp³-hybridized carbons (Fsp3) is 0.714. The maximum atomic E-state index is 5.21. The molecule has 1 heterocycles. The molecule has 0 saturated carbocycles. The van der Waals surface area contributed by atoms with Gasteiger partial charge in [-0.3, -0.25) is 4.90 Å². The van der Waals surface area contributed by atoms with Crippen molar-refractivity contribution in [1.82, 2.24) is 4.90 Å². The minimum absolute atomic E-state index is 0.784. The van der Waals surface area contributed by atoms with E-state index in [0.29, 0.717) is 0 Å². The number of hydrogen-bond acceptors (Lipinski definition) is 2. The highest BCUT2D eigenvalue weighted by Crippen LogP contribution is 1.99. The Kier molecular flexibility index (Phi) is 2.74. The van der Waals surface area contributed by atoms with Gasteiger partial charge in [-0.15, -0.1) is 6.58 Å². The third-order valence-corrected chi connectivity index (χ3v) is 1.42. The molecular weight excluding hydrogens is 114 g/mol. The molecule has 0 unspecified atom stereocenters. The van der Waals surface area contributed by atoms with Gasteiger partial charge in [0.25, 0.3) is 0 Å². The summed E-state index contributed by atoms with van der Waals surface area (Å²) in [4.78, 5) is 2.23. The first kappa shape index (κ1) is 6.78. The Morgan fingerprint density at radius 3 is 3.11 bits per heavy atom. The molecular formula is C7H13NO. The monoisotopic (exact) mass is 127 g/mol. The van der Waals surface area contributed by atoms with E-state index in [2.05, 4.69) is 11.5 Å². The summed E-state index contributed by atoms with van der Waals surface area (Å²) in [7, 11) is 0. The summed E-state index contributed by atoms with van der Waals surface area (Å²) >= 11 is 0. The molecule has 2 nitrogen and oxygen atoms in total. The van der Waals surface area contributed by atoms with Crippen molar-refractivity contribution >= 4 is 0 Å². The summed E-state index contributed by atoms with van der Waals surface area (Å²) in [6.45, 7) is 7.48. The zero-order valence-electron chi connectivity index (χ0n) is 5.68. The van der Waals surface area contributed by atoms with Crippen molar-refractivity contribution < 1.29 is 4.74 Å². The van der Waals surface area contributed by atoms with Gasteiger partial charge < -0.3 is 4.74 Å². The van der Waals surface area contributed by atoms with Crippen LogP contribution in [0.15, 0.2) is 12.7 Å². The van der Waals surface area contributed by atoms with Crippen molar-refractivity contribution in [2.24, 2.45) is 0 Å². The Labute approximate surface area is 56.1 Å². The molecule has 0 aliphatic carbocycles. The maximum Gasteiger partial charge on any atom is 0.0992 e. The van der Waals surface area contributed by atoms with E-state index in [9.17, 15) is 0 Å². The van der Waals surface area contributed by atoms with Crippen molar-refractivity contribution in [3.8, 4) is 0 Å². The fourth-order valence-corrected chi connectivity index (χ4v) is 0.975. The minimum Gasteiger partial charge on any atom is -0.366 e. The standard InChI is InChI=1S/C7H13NO/c1-2-4-8-5-3-6-9-7-8/h2H,1,3-7H2. The van der Waals surface area contributed by atoms with Gasteiger partial charge in [0.1, 0.15) is 0 Å². The number of hydrogen-bond donors (Lipinski definition) is 0. The molecule has 0 N–H and O–H groups in total. The summed E-state index contributed by atoms with van der Waals surface area (Å²) in [5.41, 5.74) is 0. The lowest BCUT2D eigenvalue weighted by Gasteiger charge is -2.24. The zero-order chi connectivity index (χ0) is 6.53. The average Bonchev–Trinajstić information content (AvgIpc) is 1.91. The Bertz CT molecular complexity index is 86.9. The minimum atomic E-state index is 0.784. The van der Waals surface area contributed by atoms with Crippen LogP contribution < -0.4 is 0 Å². The highest BCUT2D eigenvalue weighted by Gasteiger charge is 2.06. The number of ether oxygens (including phenoxy) is 1. The quantitative estimate of drug-likeness (QED) is 0.510. The third kappa shape index (κ3) is 2.16. The molecule has 1 fully saturated rings. The maximum absolute atomic E-state index is 5.21. The van der Waals surface area contributed by atoms with Crippen LogP contribution in [0.25, 0.3) is 0 Å². The second-order valence-corrected chi connectivity index (χ2v) is 2.26. The van der Waals surface area contributed by atoms with Crippen LogP contribution in [0.3, 0.4) is 0 Å². The molecule has 0 amide bonds. The Morgan fingerprint density at radius 1 is 1.67 bits per heavy atom. The predicted octanol–water partition coefficient (Wildman–Crippen LogP) is 0.852. The summed E-state index contributed by atoms with van der Waals surface area (Å²) in [5.74, 6) is 0. The zero-order valence-corrected chi connectivity index (χ0v) is 5.68. The molecule has 0 radical (unpaired) electrons. The second-order valence-electron chi connectivity index (χ2n) is 2.26. The molecule has 0 atom stereocenters. The van der Waals surface area contributed by atoms with Crippen LogP contribution in [0.1, 0.15) is 6.42 Å². The van der Waals surface area contributed by atoms with Gasteiger partial charge in [0, 0.05) is 19.7 Å². The van der Waals surface area contributed by atoms with E-state index in [4.69, 9.17) is 4.74 Å². The molecule has 0 aromatic carbocycles. The first-order valence-electron chi connectivity index (χ1n) is 3.34. The fourth-order valence-electron chi connectivity index (χ4n) is 0.975. The normalized spacial score (nSPS) is 21.8. The Balaban J connectivity index is 2.15. The van der Waals surface area contributed by atoms with Gasteiger partial charge >= 0.3 is 0 Å². The van der Waals surface area contributed by atoms with Gasteiger partial charge in [0.15, 0.2) is 0 Å². The van der Waals surface area contributed by atoms with Gasteiger partial charge in [-0.05, 0) is 6.42 Å². The first-order chi connectivity index (χ1) is 4.43. The van der Waals surface area contributed by atoms with Crippen LogP contribution in [0, 0.1) is 0 Å². The molecule has 1 rings (SSSR count). The molecule has 1 saturated heterocycles. The van der Waals surface area contributed by atoms with E-state index in [-0.39, 0.29) is 0 Å². The smallest absolute Gasteiger partial charge is 0.0992 e. The molecule has 0 bridgehead atoms. The summed E-state index contributed by atoms with van der Waals surface area (Å²) in [6.07, 6.45) is 3.07. The molecule has 9 heavy (non-hydrogen) atoms. The van der Waals surface area contributed by atoms with E-state index >= 15 is 0 Å². The van der Waals surface area contributed by atoms with Crippen molar-refractivity contribution in [3.05, 3.63) is 12.7 Å². The molecule has 2 heteroatoms. The van der Waals surface area contributed by atoms with E-state index in [1.54, 1.807) is 0 Å². The summed E-state index contributed by atoms with van der Waals surface area (Å²) in [6, 6.07) is 0. The van der Waals surface area contributed by atoms with Gasteiger partial charge in [-0.2, -0.15) is 0 Å². The van der Waals surface area contributed by atoms with Crippen molar-refractivity contribution in [3.63, 3.8) is 0 Å². The largest absolute Gasteiger partial charge is 0.366 e. The van der Waals surface area contributed by atoms with Gasteiger partial charge in [-0.25, -0.2) is 0 Å². The van der Waals surface area contributed by atoms with Crippen molar-refractivity contribution in [1.29, 1.82) is 0 Å². The lowest BCUT2D eigenvalue weighted by Crippen LogP contribution is -2.32.